The maximum absolute atomic E-state index is 5.58. The Labute approximate surface area is 135 Å². The smallest absolute Gasteiger partial charge is 0.237 e. The van der Waals surface area contributed by atoms with Gasteiger partial charge < -0.3 is 4.74 Å². The Morgan fingerprint density at radius 2 is 2.00 bits per heavy atom. The molecule has 2 aliphatic heterocycles. The van der Waals surface area contributed by atoms with Gasteiger partial charge in [-0.3, -0.25) is 9.58 Å². The predicted octanol–water partition coefficient (Wildman–Crippen LogP) is 1.08. The third-order valence-corrected chi connectivity index (χ3v) is 4.35. The normalized spacial score (nSPS) is 17.7. The van der Waals surface area contributed by atoms with Gasteiger partial charge in [-0.15, -0.1) is 0 Å². The van der Waals surface area contributed by atoms with E-state index in [-0.39, 0.29) is 0 Å². The number of aromatic nitrogens is 4. The molecule has 23 heavy (non-hydrogen) atoms. The van der Waals surface area contributed by atoms with E-state index in [9.17, 15) is 0 Å². The minimum absolute atomic E-state index is 0.663. The van der Waals surface area contributed by atoms with E-state index in [0.717, 1.165) is 49.8 Å². The predicted molar refractivity (Wildman–Crippen MR) is 85.2 cm³/mol. The Morgan fingerprint density at radius 3 is 2.74 bits per heavy atom. The number of hydrogen-bond acceptors (Lipinski definition) is 6. The van der Waals surface area contributed by atoms with Gasteiger partial charge in [-0.2, -0.15) is 5.10 Å². The lowest BCUT2D eigenvalue weighted by atomic mass is 10.1. The number of nitrogens with zero attached hydrogens (tertiary/aromatic N) is 6. The van der Waals surface area contributed by atoms with E-state index in [1.807, 2.05) is 19.3 Å². The summed E-state index contributed by atoms with van der Waals surface area (Å²) < 4.78 is 7.67. The second kappa shape index (κ2) is 5.73. The Kier molecular flexibility index (Phi) is 3.57. The highest BCUT2D eigenvalue weighted by molar-refractivity contribution is 5.94. The van der Waals surface area contributed by atoms with Crippen molar-refractivity contribution in [2.24, 2.45) is 4.99 Å². The van der Waals surface area contributed by atoms with Gasteiger partial charge in [-0.25, -0.2) is 15.0 Å². The first-order valence-corrected chi connectivity index (χ1v) is 7.94. The molecule has 7 heteroatoms. The van der Waals surface area contributed by atoms with Crippen molar-refractivity contribution < 1.29 is 4.74 Å². The van der Waals surface area contributed by atoms with E-state index in [2.05, 4.69) is 31.5 Å². The maximum atomic E-state index is 5.58. The summed E-state index contributed by atoms with van der Waals surface area (Å²) in [6.45, 7) is 8.99. The largest absolute Gasteiger partial charge is 0.474 e. The van der Waals surface area contributed by atoms with Crippen LogP contribution < -0.4 is 0 Å². The molecule has 0 unspecified atom stereocenters. The number of hydrogen-bond donors (Lipinski definition) is 0. The van der Waals surface area contributed by atoms with Crippen LogP contribution in [0.4, 0.5) is 0 Å². The quantitative estimate of drug-likeness (QED) is 0.848. The Hall–Kier alpha value is -2.28. The number of ether oxygens (including phenoxy) is 1. The fourth-order valence-corrected chi connectivity index (χ4v) is 3.07. The van der Waals surface area contributed by atoms with Crippen LogP contribution in [0.5, 0.6) is 0 Å². The molecule has 0 radical (unpaired) electrons. The van der Waals surface area contributed by atoms with Crippen molar-refractivity contribution in [3.63, 3.8) is 0 Å². The maximum Gasteiger partial charge on any atom is 0.237 e. The van der Waals surface area contributed by atoms with Crippen LogP contribution in [-0.2, 0) is 24.4 Å². The fourth-order valence-electron chi connectivity index (χ4n) is 3.07. The van der Waals surface area contributed by atoms with Gasteiger partial charge in [-0.1, -0.05) is 0 Å². The van der Waals surface area contributed by atoms with Gasteiger partial charge in [-0.05, 0) is 13.8 Å². The van der Waals surface area contributed by atoms with Crippen LogP contribution in [0.25, 0.3) is 0 Å². The van der Waals surface area contributed by atoms with Gasteiger partial charge in [0.2, 0.25) is 5.90 Å². The van der Waals surface area contributed by atoms with E-state index in [0.29, 0.717) is 12.5 Å². The second-order valence-corrected chi connectivity index (χ2v) is 6.03. The molecule has 2 aromatic heterocycles. The second-order valence-electron chi connectivity index (χ2n) is 6.03. The van der Waals surface area contributed by atoms with E-state index < -0.39 is 0 Å². The summed E-state index contributed by atoms with van der Waals surface area (Å²) in [6.07, 6.45) is 3.82. The van der Waals surface area contributed by atoms with Gasteiger partial charge in [0.25, 0.3) is 0 Å². The fraction of sp³-hybridized carbons (Fsp3) is 0.500. The summed E-state index contributed by atoms with van der Waals surface area (Å²) in [4.78, 5) is 15.3. The molecule has 0 bridgehead atoms. The van der Waals surface area contributed by atoms with E-state index >= 15 is 0 Å². The van der Waals surface area contributed by atoms with E-state index in [1.54, 1.807) is 0 Å². The Morgan fingerprint density at radius 1 is 1.17 bits per heavy atom. The summed E-state index contributed by atoms with van der Waals surface area (Å²) in [5, 5.41) is 4.69. The molecule has 0 fully saturated rings. The average Bonchev–Trinajstić information content (AvgIpc) is 3.18. The zero-order valence-corrected chi connectivity index (χ0v) is 13.5. The molecule has 0 atom stereocenters. The van der Waals surface area contributed by atoms with Gasteiger partial charge in [0.1, 0.15) is 18.1 Å². The summed E-state index contributed by atoms with van der Waals surface area (Å²) in [7, 11) is 0. The molecular weight excluding hydrogens is 292 g/mol. The molecule has 0 spiro atoms. The molecule has 0 saturated carbocycles. The molecule has 0 N–H and O–H groups in total. The van der Waals surface area contributed by atoms with Crippen LogP contribution in [-0.4, -0.2) is 50.2 Å². The van der Waals surface area contributed by atoms with Crippen LogP contribution >= 0.6 is 0 Å². The topological polar surface area (TPSA) is 68.4 Å². The molecule has 7 nitrogen and oxygen atoms in total. The minimum Gasteiger partial charge on any atom is -0.474 e. The third-order valence-electron chi connectivity index (χ3n) is 4.35. The summed E-state index contributed by atoms with van der Waals surface area (Å²) in [5.74, 6) is 1.51. The molecular formula is C16H20N6O. The van der Waals surface area contributed by atoms with Crippen LogP contribution in [0.3, 0.4) is 0 Å². The van der Waals surface area contributed by atoms with Crippen LogP contribution in [0.1, 0.15) is 28.3 Å². The molecule has 0 saturated heterocycles. The zero-order valence-electron chi connectivity index (χ0n) is 13.5. The standard InChI is InChI=1S/C16H20N6O/c1-11-14-10-21(9-13-7-18-12(2)19-8-13)4-5-22(14)20-15(11)16-17-3-6-23-16/h7-8H,3-6,9-10H2,1-2H3. The van der Waals surface area contributed by atoms with Crippen molar-refractivity contribution >= 4 is 5.90 Å². The summed E-state index contributed by atoms with van der Waals surface area (Å²) in [5.41, 5.74) is 4.47. The number of rotatable bonds is 3. The highest BCUT2D eigenvalue weighted by Gasteiger charge is 2.25. The van der Waals surface area contributed by atoms with Crippen molar-refractivity contribution in [1.82, 2.24) is 24.6 Å². The highest BCUT2D eigenvalue weighted by Crippen LogP contribution is 2.22. The molecule has 2 aliphatic rings. The lowest BCUT2D eigenvalue weighted by molar-refractivity contribution is 0.204. The number of aliphatic imine (C=N–C) groups is 1. The Balaban J connectivity index is 1.53. The third kappa shape index (κ3) is 2.72. The van der Waals surface area contributed by atoms with Gasteiger partial charge >= 0.3 is 0 Å². The van der Waals surface area contributed by atoms with Gasteiger partial charge in [0.15, 0.2) is 0 Å². The molecule has 4 rings (SSSR count). The van der Waals surface area contributed by atoms with Gasteiger partial charge in [0, 0.05) is 43.2 Å². The van der Waals surface area contributed by atoms with Crippen molar-refractivity contribution in [3.8, 4) is 0 Å². The van der Waals surface area contributed by atoms with E-state index in [1.165, 1.54) is 11.3 Å². The Bertz CT molecular complexity index is 749. The highest BCUT2D eigenvalue weighted by atomic mass is 16.5. The van der Waals surface area contributed by atoms with Crippen LogP contribution in [0.2, 0.25) is 0 Å². The molecule has 120 valence electrons. The SMILES string of the molecule is Cc1ncc(CN2CCn3nc(C4=NCCO4)c(C)c3C2)cn1. The first-order valence-electron chi connectivity index (χ1n) is 7.94. The summed E-state index contributed by atoms with van der Waals surface area (Å²) >= 11 is 0. The number of aryl methyl sites for hydroxylation is 1. The zero-order chi connectivity index (χ0) is 15.8. The molecule has 4 heterocycles. The summed E-state index contributed by atoms with van der Waals surface area (Å²) in [6, 6.07) is 0. The first kappa shape index (κ1) is 14.3. The first-order chi connectivity index (χ1) is 11.2. The van der Waals surface area contributed by atoms with E-state index in [4.69, 9.17) is 9.84 Å². The van der Waals surface area contributed by atoms with Crippen molar-refractivity contribution in [2.45, 2.75) is 33.5 Å². The monoisotopic (exact) mass is 312 g/mol. The molecule has 2 aromatic rings. The van der Waals surface area contributed by atoms with Crippen molar-refractivity contribution in [1.29, 1.82) is 0 Å². The average molecular weight is 312 g/mol. The van der Waals surface area contributed by atoms with Crippen molar-refractivity contribution in [2.75, 3.05) is 19.7 Å². The lowest BCUT2D eigenvalue weighted by Crippen LogP contribution is -2.33. The van der Waals surface area contributed by atoms with Crippen molar-refractivity contribution in [3.05, 3.63) is 40.7 Å². The molecule has 0 aliphatic carbocycles. The van der Waals surface area contributed by atoms with Gasteiger partial charge in [0.05, 0.1) is 18.8 Å². The number of fused-ring (bicyclic) bond motifs is 1. The minimum atomic E-state index is 0.663. The molecule has 0 amide bonds. The lowest BCUT2D eigenvalue weighted by Gasteiger charge is -2.27. The molecule has 0 aromatic carbocycles. The van der Waals surface area contributed by atoms with Crippen LogP contribution in [0.15, 0.2) is 17.4 Å². The van der Waals surface area contributed by atoms with Crippen LogP contribution in [0, 0.1) is 13.8 Å².